The number of amides is 1. The Balaban J connectivity index is 2.01. The average molecular weight is 311 g/mol. The molecule has 1 fully saturated rings. The summed E-state index contributed by atoms with van der Waals surface area (Å²) in [6, 6.07) is 7.31. The van der Waals surface area contributed by atoms with Crippen LogP contribution in [0.25, 0.3) is 0 Å². The highest BCUT2D eigenvalue weighted by molar-refractivity contribution is 7.89. The summed E-state index contributed by atoms with van der Waals surface area (Å²) in [5.41, 5.74) is 0. The first-order valence-electron chi connectivity index (χ1n) is 6.95. The first-order chi connectivity index (χ1) is 9.90. The maximum atomic E-state index is 12.3. The lowest BCUT2D eigenvalue weighted by molar-refractivity contribution is -0.134. The number of carbonyl (C=O) groups excluding carboxylic acids is 1. The quantitative estimate of drug-likeness (QED) is 0.858. The predicted molar refractivity (Wildman–Crippen MR) is 80.3 cm³/mol. The van der Waals surface area contributed by atoms with E-state index in [4.69, 9.17) is 0 Å². The van der Waals surface area contributed by atoms with Crippen LogP contribution in [-0.2, 0) is 14.8 Å². The number of nitrogens with one attached hydrogen (secondary N) is 1. The van der Waals surface area contributed by atoms with Crippen LogP contribution in [-0.4, -0.2) is 63.4 Å². The second-order valence-corrected chi connectivity index (χ2v) is 7.00. The minimum atomic E-state index is -3.66. The molecule has 21 heavy (non-hydrogen) atoms. The van der Waals surface area contributed by atoms with Gasteiger partial charge in [0.25, 0.3) is 0 Å². The second-order valence-electron chi connectivity index (χ2n) is 5.28. The highest BCUT2D eigenvalue weighted by Crippen LogP contribution is 2.09. The van der Waals surface area contributed by atoms with E-state index in [1.54, 1.807) is 30.0 Å². The van der Waals surface area contributed by atoms with Crippen LogP contribution in [0.2, 0.25) is 0 Å². The third-order valence-corrected chi connectivity index (χ3v) is 5.13. The highest BCUT2D eigenvalue weighted by atomic mass is 32.2. The van der Waals surface area contributed by atoms with E-state index in [0.29, 0.717) is 13.1 Å². The van der Waals surface area contributed by atoms with Crippen LogP contribution in [0.15, 0.2) is 35.2 Å². The molecule has 6 nitrogen and oxygen atoms in total. The molecule has 1 aliphatic rings. The molecule has 0 aromatic heterocycles. The van der Waals surface area contributed by atoms with E-state index in [1.165, 1.54) is 12.1 Å². The first kappa shape index (κ1) is 15.9. The molecule has 0 saturated carbocycles. The van der Waals surface area contributed by atoms with Gasteiger partial charge in [-0.3, -0.25) is 4.79 Å². The molecule has 1 amide bonds. The summed E-state index contributed by atoms with van der Waals surface area (Å²) in [5, 5.41) is 0. The lowest BCUT2D eigenvalue weighted by Gasteiger charge is -2.34. The summed E-state index contributed by atoms with van der Waals surface area (Å²) < 4.78 is 26.8. The number of rotatable bonds is 4. The zero-order chi connectivity index (χ0) is 15.5. The zero-order valence-electron chi connectivity index (χ0n) is 12.3. The fourth-order valence-corrected chi connectivity index (χ4v) is 3.47. The number of likely N-dealkylation sites (N-methyl/N-ethyl adjacent to an activating group) is 1. The standard InChI is InChI=1S/C14H21N3O3S/c1-12(14(18)17-10-8-16(2)9-11-17)15-21(19,20)13-6-4-3-5-7-13/h3-7,12,15H,8-11H2,1-2H3. The Kier molecular flexibility index (Phi) is 4.97. The Morgan fingerprint density at radius 2 is 1.71 bits per heavy atom. The van der Waals surface area contributed by atoms with Crippen molar-refractivity contribution in [3.63, 3.8) is 0 Å². The summed E-state index contributed by atoms with van der Waals surface area (Å²) in [6.45, 7) is 4.47. The van der Waals surface area contributed by atoms with Crippen molar-refractivity contribution in [3.05, 3.63) is 30.3 Å². The predicted octanol–water partition coefficient (Wildman–Crippen LogP) is 0.127. The average Bonchev–Trinajstić information content (AvgIpc) is 2.48. The Morgan fingerprint density at radius 1 is 1.14 bits per heavy atom. The first-order valence-corrected chi connectivity index (χ1v) is 8.43. The lowest BCUT2D eigenvalue weighted by atomic mass is 10.2. The molecule has 1 unspecified atom stereocenters. The number of hydrogen-bond donors (Lipinski definition) is 1. The van der Waals surface area contributed by atoms with Gasteiger partial charge in [0.15, 0.2) is 0 Å². The van der Waals surface area contributed by atoms with Crippen molar-refractivity contribution in [2.75, 3.05) is 33.2 Å². The van der Waals surface area contributed by atoms with Crippen molar-refractivity contribution in [1.29, 1.82) is 0 Å². The SMILES string of the molecule is CC(NS(=O)(=O)c1ccccc1)C(=O)N1CCN(C)CC1. The minimum absolute atomic E-state index is 0.169. The molecule has 116 valence electrons. The molecule has 1 N–H and O–H groups in total. The summed E-state index contributed by atoms with van der Waals surface area (Å²) >= 11 is 0. The summed E-state index contributed by atoms with van der Waals surface area (Å²) in [4.78, 5) is 16.3. The number of sulfonamides is 1. The van der Waals surface area contributed by atoms with E-state index in [1.807, 2.05) is 7.05 Å². The molecule has 1 aromatic carbocycles. The third-order valence-electron chi connectivity index (χ3n) is 3.57. The van der Waals surface area contributed by atoms with Crippen molar-refractivity contribution in [2.24, 2.45) is 0 Å². The van der Waals surface area contributed by atoms with Crippen molar-refractivity contribution in [2.45, 2.75) is 17.9 Å². The molecular formula is C14H21N3O3S. The zero-order valence-corrected chi connectivity index (χ0v) is 13.1. The van der Waals surface area contributed by atoms with Gasteiger partial charge in [0.05, 0.1) is 10.9 Å². The van der Waals surface area contributed by atoms with Gasteiger partial charge in [-0.05, 0) is 26.1 Å². The van der Waals surface area contributed by atoms with Gasteiger partial charge in [0.2, 0.25) is 15.9 Å². The number of piperazine rings is 1. The molecule has 1 saturated heterocycles. The van der Waals surface area contributed by atoms with Crippen molar-refractivity contribution in [1.82, 2.24) is 14.5 Å². The number of nitrogens with zero attached hydrogens (tertiary/aromatic N) is 2. The van der Waals surface area contributed by atoms with E-state index in [9.17, 15) is 13.2 Å². The summed E-state index contributed by atoms with van der Waals surface area (Å²) in [5.74, 6) is -0.178. The highest BCUT2D eigenvalue weighted by Gasteiger charge is 2.27. The Morgan fingerprint density at radius 3 is 2.29 bits per heavy atom. The molecule has 0 radical (unpaired) electrons. The lowest BCUT2D eigenvalue weighted by Crippen LogP contribution is -2.53. The molecular weight excluding hydrogens is 290 g/mol. The number of hydrogen-bond acceptors (Lipinski definition) is 4. The fraction of sp³-hybridized carbons (Fsp3) is 0.500. The van der Waals surface area contributed by atoms with Crippen LogP contribution >= 0.6 is 0 Å². The summed E-state index contributed by atoms with van der Waals surface area (Å²) in [7, 11) is -1.66. The van der Waals surface area contributed by atoms with Gasteiger partial charge in [-0.15, -0.1) is 0 Å². The van der Waals surface area contributed by atoms with E-state index in [-0.39, 0.29) is 10.8 Å². The Bertz CT molecular complexity index is 581. The van der Waals surface area contributed by atoms with Gasteiger partial charge >= 0.3 is 0 Å². The topological polar surface area (TPSA) is 69.7 Å². The van der Waals surface area contributed by atoms with Gasteiger partial charge < -0.3 is 9.80 Å². The van der Waals surface area contributed by atoms with Gasteiger partial charge in [-0.25, -0.2) is 8.42 Å². The monoisotopic (exact) mass is 311 g/mol. The maximum absolute atomic E-state index is 12.3. The molecule has 7 heteroatoms. The molecule has 1 aliphatic heterocycles. The molecule has 0 spiro atoms. The number of carbonyl (C=O) groups is 1. The Hall–Kier alpha value is -1.44. The van der Waals surface area contributed by atoms with Crippen LogP contribution in [0.3, 0.4) is 0 Å². The largest absolute Gasteiger partial charge is 0.339 e. The molecule has 2 rings (SSSR count). The van der Waals surface area contributed by atoms with Gasteiger partial charge in [-0.2, -0.15) is 4.72 Å². The van der Waals surface area contributed by atoms with Gasteiger partial charge in [-0.1, -0.05) is 18.2 Å². The van der Waals surface area contributed by atoms with Crippen molar-refractivity contribution < 1.29 is 13.2 Å². The van der Waals surface area contributed by atoms with Crippen LogP contribution in [0.4, 0.5) is 0 Å². The van der Waals surface area contributed by atoms with Gasteiger partial charge in [0, 0.05) is 26.2 Å². The molecule has 1 heterocycles. The summed E-state index contributed by atoms with van der Waals surface area (Å²) in [6.07, 6.45) is 0. The van der Waals surface area contributed by atoms with Crippen LogP contribution in [0.1, 0.15) is 6.92 Å². The minimum Gasteiger partial charge on any atom is -0.339 e. The molecule has 1 aromatic rings. The maximum Gasteiger partial charge on any atom is 0.241 e. The molecule has 1 atom stereocenters. The van der Waals surface area contributed by atoms with E-state index in [0.717, 1.165) is 13.1 Å². The van der Waals surface area contributed by atoms with E-state index >= 15 is 0 Å². The van der Waals surface area contributed by atoms with Crippen molar-refractivity contribution in [3.8, 4) is 0 Å². The molecule has 0 aliphatic carbocycles. The van der Waals surface area contributed by atoms with Crippen LogP contribution < -0.4 is 4.72 Å². The smallest absolute Gasteiger partial charge is 0.241 e. The normalized spacial score (nSPS) is 18.5. The van der Waals surface area contributed by atoms with Crippen molar-refractivity contribution >= 4 is 15.9 Å². The fourth-order valence-electron chi connectivity index (χ4n) is 2.25. The van der Waals surface area contributed by atoms with Crippen LogP contribution in [0.5, 0.6) is 0 Å². The second kappa shape index (κ2) is 6.55. The Labute approximate surface area is 125 Å². The van der Waals surface area contributed by atoms with Gasteiger partial charge in [0.1, 0.15) is 0 Å². The number of benzene rings is 1. The van der Waals surface area contributed by atoms with E-state index in [2.05, 4.69) is 9.62 Å². The third kappa shape index (κ3) is 4.03. The molecule has 0 bridgehead atoms. The van der Waals surface area contributed by atoms with Crippen LogP contribution in [0, 0.1) is 0 Å². The van der Waals surface area contributed by atoms with E-state index < -0.39 is 16.1 Å².